The van der Waals surface area contributed by atoms with E-state index in [1.165, 1.54) is 20.0 Å². The van der Waals surface area contributed by atoms with Gasteiger partial charge in [-0.25, -0.2) is 9.37 Å². The number of aliphatic hydroxyl groups is 1. The van der Waals surface area contributed by atoms with E-state index in [1.807, 2.05) is 48.5 Å². The van der Waals surface area contributed by atoms with Crippen LogP contribution in [0.15, 0.2) is 85.1 Å². The van der Waals surface area contributed by atoms with Crippen molar-refractivity contribution in [2.45, 2.75) is 69.8 Å². The molecule has 0 spiro atoms. The van der Waals surface area contributed by atoms with E-state index in [4.69, 9.17) is 4.74 Å². The second kappa shape index (κ2) is 14.2. The van der Waals surface area contributed by atoms with Crippen LogP contribution >= 0.6 is 0 Å². The predicted octanol–water partition coefficient (Wildman–Crippen LogP) is 5.34. The van der Waals surface area contributed by atoms with Crippen molar-refractivity contribution in [3.8, 4) is 5.75 Å². The fraction of sp³-hybridized carbons (Fsp3) is 0.353. The Morgan fingerprint density at radius 2 is 1.60 bits per heavy atom. The molecule has 0 aliphatic rings. The van der Waals surface area contributed by atoms with Crippen LogP contribution in [0.4, 0.5) is 4.39 Å². The number of nitrogens with one attached hydrogen (secondary N) is 2. The van der Waals surface area contributed by atoms with Crippen molar-refractivity contribution in [2.24, 2.45) is 0 Å². The average molecular weight is 587 g/mol. The van der Waals surface area contributed by atoms with Gasteiger partial charge in [0.2, 0.25) is 5.91 Å². The fourth-order valence-electron chi connectivity index (χ4n) is 5.00. The molecule has 0 aliphatic carbocycles. The van der Waals surface area contributed by atoms with Crippen LogP contribution in [0.1, 0.15) is 61.1 Å². The summed E-state index contributed by atoms with van der Waals surface area (Å²) in [5, 5.41) is 17.5. The van der Waals surface area contributed by atoms with Crippen LogP contribution < -0.4 is 15.4 Å². The van der Waals surface area contributed by atoms with Crippen LogP contribution in [0.5, 0.6) is 5.75 Å². The van der Waals surface area contributed by atoms with E-state index in [1.54, 1.807) is 37.4 Å². The number of amides is 2. The number of hydrogen-bond acceptors (Lipinski definition) is 6. The molecule has 0 fully saturated rings. The standard InChI is InChI=1S/C34H39FN4O4/c1-33(2,35)20-10-9-15-30(40)34(21-24-11-5-4-6-12-24,32(42)37-22-25-16-18-26(43-3)19-17-25)39-31(41)29-23-36-27-13-7-8-14-28(27)38-29/h4-8,11-14,16-19,23,30,40H,9-10,15,20-22H2,1-3H3,(H,37,42)(H,39,41)/t30-,34-/m0/s1. The first-order valence-corrected chi connectivity index (χ1v) is 14.5. The lowest BCUT2D eigenvalue weighted by molar-refractivity contribution is -0.132. The molecule has 0 saturated heterocycles. The smallest absolute Gasteiger partial charge is 0.272 e. The number of benzene rings is 3. The monoisotopic (exact) mass is 586 g/mol. The molecule has 0 bridgehead atoms. The largest absolute Gasteiger partial charge is 0.497 e. The minimum Gasteiger partial charge on any atom is -0.497 e. The lowest BCUT2D eigenvalue weighted by Crippen LogP contribution is -2.66. The SMILES string of the molecule is COc1ccc(CNC(=O)[C@@](Cc2ccccc2)(NC(=O)c2cnc3ccccc3n2)[C@@H](O)CCCCC(C)(C)F)cc1. The molecule has 0 aliphatic heterocycles. The first-order valence-electron chi connectivity index (χ1n) is 14.5. The van der Waals surface area contributed by atoms with Gasteiger partial charge >= 0.3 is 0 Å². The normalized spacial score (nSPS) is 13.6. The second-order valence-corrected chi connectivity index (χ2v) is 11.3. The van der Waals surface area contributed by atoms with Gasteiger partial charge in [0.05, 0.1) is 30.4 Å². The van der Waals surface area contributed by atoms with Gasteiger partial charge in [0, 0.05) is 13.0 Å². The third-order valence-corrected chi connectivity index (χ3v) is 7.43. The zero-order chi connectivity index (χ0) is 30.9. The number of aliphatic hydroxyl groups excluding tert-OH is 1. The van der Waals surface area contributed by atoms with E-state index in [-0.39, 0.29) is 25.1 Å². The summed E-state index contributed by atoms with van der Waals surface area (Å²) in [6.07, 6.45) is 1.54. The molecule has 0 radical (unpaired) electrons. The van der Waals surface area contributed by atoms with Crippen molar-refractivity contribution >= 4 is 22.8 Å². The Hall–Kier alpha value is -4.37. The van der Waals surface area contributed by atoms with Crippen LogP contribution in [-0.2, 0) is 17.8 Å². The Balaban J connectivity index is 1.67. The van der Waals surface area contributed by atoms with Gasteiger partial charge < -0.3 is 20.5 Å². The molecule has 3 N–H and O–H groups in total. The molecular weight excluding hydrogens is 547 g/mol. The first-order chi connectivity index (χ1) is 20.6. The maximum Gasteiger partial charge on any atom is 0.272 e. The molecule has 3 aromatic carbocycles. The maximum atomic E-state index is 14.2. The first kappa shape index (κ1) is 31.6. The number of halogens is 1. The number of para-hydroxylation sites is 2. The number of methoxy groups -OCH3 is 1. The quantitative estimate of drug-likeness (QED) is 0.172. The minimum atomic E-state index is -1.76. The lowest BCUT2D eigenvalue weighted by Gasteiger charge is -2.38. The molecule has 43 heavy (non-hydrogen) atoms. The van der Waals surface area contributed by atoms with Crippen LogP contribution in [0.25, 0.3) is 11.0 Å². The van der Waals surface area contributed by atoms with E-state index < -0.39 is 29.1 Å². The molecule has 1 heterocycles. The number of fused-ring (bicyclic) bond motifs is 1. The van der Waals surface area contributed by atoms with Gasteiger partial charge in [0.25, 0.3) is 5.91 Å². The van der Waals surface area contributed by atoms with E-state index in [0.29, 0.717) is 36.0 Å². The highest BCUT2D eigenvalue weighted by molar-refractivity contribution is 5.99. The van der Waals surface area contributed by atoms with E-state index >= 15 is 0 Å². The third-order valence-electron chi connectivity index (χ3n) is 7.43. The number of unbranched alkanes of at least 4 members (excludes halogenated alkanes) is 1. The molecular formula is C34H39FN4O4. The number of alkyl halides is 1. The highest BCUT2D eigenvalue weighted by Gasteiger charge is 2.46. The molecule has 8 nitrogen and oxygen atoms in total. The van der Waals surface area contributed by atoms with Gasteiger partial charge in [-0.05, 0) is 62.1 Å². The highest BCUT2D eigenvalue weighted by atomic mass is 19.1. The van der Waals surface area contributed by atoms with Crippen molar-refractivity contribution < 1.29 is 23.8 Å². The van der Waals surface area contributed by atoms with E-state index in [2.05, 4.69) is 20.6 Å². The summed E-state index contributed by atoms with van der Waals surface area (Å²) >= 11 is 0. The van der Waals surface area contributed by atoms with E-state index in [9.17, 15) is 19.1 Å². The average Bonchev–Trinajstić information content (AvgIpc) is 3.01. The number of aromatic nitrogens is 2. The van der Waals surface area contributed by atoms with Gasteiger partial charge in [-0.15, -0.1) is 0 Å². The molecule has 2 amide bonds. The van der Waals surface area contributed by atoms with Crippen molar-refractivity contribution in [3.05, 3.63) is 102 Å². The molecule has 9 heteroatoms. The summed E-state index contributed by atoms with van der Waals surface area (Å²) in [7, 11) is 1.58. The highest BCUT2D eigenvalue weighted by Crippen LogP contribution is 2.26. The van der Waals surface area contributed by atoms with Crippen LogP contribution in [-0.4, -0.2) is 51.3 Å². The fourth-order valence-corrected chi connectivity index (χ4v) is 5.00. The molecule has 226 valence electrons. The summed E-state index contributed by atoms with van der Waals surface area (Å²) in [5.41, 5.74) is -0.366. The molecule has 2 atom stereocenters. The Bertz CT molecular complexity index is 1510. The van der Waals surface area contributed by atoms with Crippen molar-refractivity contribution in [2.75, 3.05) is 7.11 Å². The molecule has 4 rings (SSSR count). The van der Waals surface area contributed by atoms with Gasteiger partial charge in [0.15, 0.2) is 0 Å². The van der Waals surface area contributed by atoms with Gasteiger partial charge in [-0.1, -0.05) is 67.4 Å². The van der Waals surface area contributed by atoms with Crippen molar-refractivity contribution in [1.29, 1.82) is 0 Å². The van der Waals surface area contributed by atoms with Crippen molar-refractivity contribution in [1.82, 2.24) is 20.6 Å². The number of ether oxygens (including phenoxy) is 1. The zero-order valence-corrected chi connectivity index (χ0v) is 24.8. The molecule has 0 saturated carbocycles. The van der Waals surface area contributed by atoms with Crippen molar-refractivity contribution in [3.63, 3.8) is 0 Å². The Kier molecular flexibility index (Phi) is 10.4. The summed E-state index contributed by atoms with van der Waals surface area (Å²) in [4.78, 5) is 36.7. The van der Waals surface area contributed by atoms with E-state index in [0.717, 1.165) is 11.1 Å². The summed E-state index contributed by atoms with van der Waals surface area (Å²) < 4.78 is 19.4. The lowest BCUT2D eigenvalue weighted by atomic mass is 9.81. The molecule has 0 unspecified atom stereocenters. The summed E-state index contributed by atoms with van der Waals surface area (Å²) in [5.74, 6) is -0.505. The number of rotatable bonds is 14. The Morgan fingerprint density at radius 1 is 0.930 bits per heavy atom. The zero-order valence-electron chi connectivity index (χ0n) is 24.8. The number of carbonyl (C=O) groups is 2. The van der Waals surface area contributed by atoms with Gasteiger partial charge in [-0.3, -0.25) is 14.6 Å². The van der Waals surface area contributed by atoms with Crippen LogP contribution in [0, 0.1) is 0 Å². The van der Waals surface area contributed by atoms with Gasteiger partial charge in [0.1, 0.15) is 22.7 Å². The third kappa shape index (κ3) is 8.58. The molecule has 4 aromatic rings. The Morgan fingerprint density at radius 3 is 2.28 bits per heavy atom. The summed E-state index contributed by atoms with van der Waals surface area (Å²) in [6.45, 7) is 3.19. The van der Waals surface area contributed by atoms with Crippen LogP contribution in [0.3, 0.4) is 0 Å². The molecule has 1 aromatic heterocycles. The maximum absolute atomic E-state index is 14.2. The predicted molar refractivity (Wildman–Crippen MR) is 164 cm³/mol. The topological polar surface area (TPSA) is 113 Å². The number of carbonyl (C=O) groups excluding carboxylic acids is 2. The summed E-state index contributed by atoms with van der Waals surface area (Å²) in [6, 6.07) is 23.6. The van der Waals surface area contributed by atoms with Crippen LogP contribution in [0.2, 0.25) is 0 Å². The second-order valence-electron chi connectivity index (χ2n) is 11.3. The number of nitrogens with zero attached hydrogens (tertiary/aromatic N) is 2. The minimum absolute atomic E-state index is 0.0187. The Labute approximate surface area is 251 Å². The number of hydrogen-bond donors (Lipinski definition) is 3. The van der Waals surface area contributed by atoms with Gasteiger partial charge in [-0.2, -0.15) is 0 Å².